The van der Waals surface area contributed by atoms with Crippen LogP contribution in [0.3, 0.4) is 0 Å². The van der Waals surface area contributed by atoms with Crippen LogP contribution in [0.25, 0.3) is 0 Å². The number of aromatic nitrogens is 2. The van der Waals surface area contributed by atoms with E-state index in [0.29, 0.717) is 0 Å². The Morgan fingerprint density at radius 2 is 1.95 bits per heavy atom. The van der Waals surface area contributed by atoms with E-state index in [1.54, 1.807) is 0 Å². The Labute approximate surface area is 118 Å². The molecule has 2 rings (SSSR count). The van der Waals surface area contributed by atoms with Crippen LogP contribution in [0.4, 0.5) is 5.82 Å². The molecule has 0 atom stereocenters. The van der Waals surface area contributed by atoms with Gasteiger partial charge in [-0.25, -0.2) is 17.8 Å². The van der Waals surface area contributed by atoms with Crippen molar-refractivity contribution in [1.29, 1.82) is 0 Å². The molecular weight excluding hydrogens is 276 g/mol. The monoisotopic (exact) mass is 294 g/mol. The number of rotatable bonds is 5. The Bertz CT molecular complexity index is 678. The molecule has 0 saturated carbocycles. The molecule has 0 bridgehead atoms. The van der Waals surface area contributed by atoms with Crippen molar-refractivity contribution in [2.75, 3.05) is 5.73 Å². The third-order valence-corrected chi connectivity index (χ3v) is 4.30. The van der Waals surface area contributed by atoms with Crippen molar-refractivity contribution >= 4 is 15.8 Å². The zero-order chi connectivity index (χ0) is 14.8. The summed E-state index contributed by atoms with van der Waals surface area (Å²) < 4.78 is 28.4. The maximum atomic E-state index is 12.2. The van der Waals surface area contributed by atoms with Gasteiger partial charge in [0.2, 0.25) is 10.0 Å². The molecule has 0 unspecified atom stereocenters. The van der Waals surface area contributed by atoms with Crippen molar-refractivity contribution in [2.45, 2.75) is 31.3 Å². The zero-order valence-electron chi connectivity index (χ0n) is 11.4. The highest BCUT2D eigenvalue weighted by molar-refractivity contribution is 7.89. The fourth-order valence-electron chi connectivity index (χ4n) is 1.83. The summed E-state index contributed by atoms with van der Waals surface area (Å²) in [4.78, 5) is 0.0159. The van der Waals surface area contributed by atoms with E-state index in [-0.39, 0.29) is 23.3 Å². The van der Waals surface area contributed by atoms with Crippen LogP contribution in [0.5, 0.6) is 0 Å². The first-order valence-corrected chi connectivity index (χ1v) is 7.76. The largest absolute Gasteiger partial charge is 0.383 e. The van der Waals surface area contributed by atoms with Crippen molar-refractivity contribution in [2.24, 2.45) is 0 Å². The molecule has 0 amide bonds. The number of nitrogens with one attached hydrogen (secondary N) is 1. The lowest BCUT2D eigenvalue weighted by Gasteiger charge is -2.09. The number of hydrogen-bond acceptors (Lipinski definition) is 4. The smallest absolute Gasteiger partial charge is 0.246 e. The third kappa shape index (κ3) is 3.00. The second-order valence-corrected chi connectivity index (χ2v) is 6.48. The van der Waals surface area contributed by atoms with E-state index in [1.165, 1.54) is 10.9 Å². The second-order valence-electron chi connectivity index (χ2n) is 4.74. The molecule has 1 heterocycles. The van der Waals surface area contributed by atoms with Crippen molar-refractivity contribution < 1.29 is 8.42 Å². The highest BCUT2D eigenvalue weighted by Gasteiger charge is 2.22. The Morgan fingerprint density at radius 1 is 1.30 bits per heavy atom. The van der Waals surface area contributed by atoms with Gasteiger partial charge in [0.05, 0.1) is 6.20 Å². The number of anilines is 1. The van der Waals surface area contributed by atoms with E-state index >= 15 is 0 Å². The summed E-state index contributed by atoms with van der Waals surface area (Å²) in [6, 6.07) is 9.30. The fraction of sp³-hybridized carbons (Fsp3) is 0.308. The minimum Gasteiger partial charge on any atom is -0.383 e. The Kier molecular flexibility index (Phi) is 4.10. The summed E-state index contributed by atoms with van der Waals surface area (Å²) in [5.41, 5.74) is 6.72. The molecule has 2 aromatic rings. The predicted molar refractivity (Wildman–Crippen MR) is 77.5 cm³/mol. The average Bonchev–Trinajstić information content (AvgIpc) is 2.80. The maximum absolute atomic E-state index is 12.2. The van der Waals surface area contributed by atoms with E-state index in [9.17, 15) is 8.42 Å². The predicted octanol–water partition coefficient (Wildman–Crippen LogP) is 1.52. The van der Waals surface area contributed by atoms with Crippen molar-refractivity contribution in [3.05, 3.63) is 42.1 Å². The van der Waals surface area contributed by atoms with Crippen LogP contribution in [-0.2, 0) is 16.6 Å². The van der Waals surface area contributed by atoms with Crippen molar-refractivity contribution in [3.63, 3.8) is 0 Å². The van der Waals surface area contributed by atoms with Crippen LogP contribution in [0, 0.1) is 0 Å². The highest BCUT2D eigenvalue weighted by atomic mass is 32.2. The van der Waals surface area contributed by atoms with Gasteiger partial charge < -0.3 is 5.73 Å². The summed E-state index contributed by atoms with van der Waals surface area (Å²) in [6.45, 7) is 3.99. The van der Waals surface area contributed by atoms with Gasteiger partial charge in [-0.15, -0.1) is 0 Å². The summed E-state index contributed by atoms with van der Waals surface area (Å²) in [5.74, 6) is 0.153. The first-order valence-electron chi connectivity index (χ1n) is 6.28. The topological polar surface area (TPSA) is 90.0 Å². The molecule has 108 valence electrons. The Hall–Kier alpha value is -1.86. The lowest BCUT2D eigenvalue weighted by molar-refractivity contribution is 0.539. The molecule has 6 nitrogen and oxygen atoms in total. The quantitative estimate of drug-likeness (QED) is 0.875. The average molecular weight is 294 g/mol. The summed E-state index contributed by atoms with van der Waals surface area (Å²) >= 11 is 0. The molecule has 0 fully saturated rings. The van der Waals surface area contributed by atoms with Gasteiger partial charge in [0.15, 0.2) is 0 Å². The number of nitrogens with zero attached hydrogens (tertiary/aromatic N) is 2. The highest BCUT2D eigenvalue weighted by Crippen LogP contribution is 2.20. The number of nitrogen functional groups attached to an aromatic ring is 1. The number of benzene rings is 1. The van der Waals surface area contributed by atoms with E-state index in [0.717, 1.165) is 5.56 Å². The first kappa shape index (κ1) is 14.5. The van der Waals surface area contributed by atoms with Gasteiger partial charge in [0.25, 0.3) is 0 Å². The minimum absolute atomic E-state index is 0.00748. The summed E-state index contributed by atoms with van der Waals surface area (Å²) in [7, 11) is -3.66. The minimum atomic E-state index is -3.66. The van der Waals surface area contributed by atoms with Gasteiger partial charge in [-0.3, -0.25) is 0 Å². The van der Waals surface area contributed by atoms with Crippen LogP contribution in [-0.4, -0.2) is 18.2 Å². The molecule has 1 aromatic heterocycles. The normalized spacial score (nSPS) is 11.9. The van der Waals surface area contributed by atoms with Crippen LogP contribution in [0.15, 0.2) is 41.4 Å². The van der Waals surface area contributed by atoms with Gasteiger partial charge in [0.1, 0.15) is 10.7 Å². The lowest BCUT2D eigenvalue weighted by atomic mass is 10.2. The van der Waals surface area contributed by atoms with E-state index in [2.05, 4.69) is 9.82 Å². The van der Waals surface area contributed by atoms with Gasteiger partial charge in [-0.1, -0.05) is 30.3 Å². The molecule has 3 N–H and O–H groups in total. The van der Waals surface area contributed by atoms with Gasteiger partial charge in [-0.05, 0) is 19.4 Å². The number of sulfonamides is 1. The summed E-state index contributed by atoms with van der Waals surface area (Å²) in [6.07, 6.45) is 1.28. The molecule has 1 aromatic carbocycles. The van der Waals surface area contributed by atoms with Crippen LogP contribution < -0.4 is 10.5 Å². The van der Waals surface area contributed by atoms with Crippen LogP contribution in [0.2, 0.25) is 0 Å². The molecule has 0 spiro atoms. The van der Waals surface area contributed by atoms with Crippen molar-refractivity contribution in [3.8, 4) is 0 Å². The van der Waals surface area contributed by atoms with Crippen LogP contribution in [0.1, 0.15) is 25.5 Å². The van der Waals surface area contributed by atoms with Crippen molar-refractivity contribution in [1.82, 2.24) is 14.5 Å². The maximum Gasteiger partial charge on any atom is 0.246 e. The molecule has 20 heavy (non-hydrogen) atoms. The molecule has 0 aliphatic heterocycles. The second kappa shape index (κ2) is 5.64. The molecule has 0 aliphatic carbocycles. The lowest BCUT2D eigenvalue weighted by Crippen LogP contribution is -2.24. The van der Waals surface area contributed by atoms with E-state index in [4.69, 9.17) is 5.73 Å². The molecule has 0 aliphatic rings. The number of hydrogen-bond donors (Lipinski definition) is 2. The van der Waals surface area contributed by atoms with Gasteiger partial charge >= 0.3 is 0 Å². The SMILES string of the molecule is CC(C)n1ncc(S(=O)(=O)NCc2ccccc2)c1N. The molecular formula is C13H18N4O2S. The van der Waals surface area contributed by atoms with Crippen LogP contribution >= 0.6 is 0 Å². The standard InChI is InChI=1S/C13H18N4O2S/c1-10(2)17-13(14)12(9-15-17)20(18,19)16-8-11-6-4-3-5-7-11/h3-7,9-10,16H,8,14H2,1-2H3. The zero-order valence-corrected chi connectivity index (χ0v) is 12.3. The van der Waals surface area contributed by atoms with Gasteiger partial charge in [-0.2, -0.15) is 5.10 Å². The Morgan fingerprint density at radius 3 is 2.50 bits per heavy atom. The van der Waals surface area contributed by atoms with E-state index in [1.807, 2.05) is 44.2 Å². The molecule has 0 radical (unpaired) electrons. The molecule has 7 heteroatoms. The molecule has 0 saturated heterocycles. The van der Waals surface area contributed by atoms with E-state index < -0.39 is 10.0 Å². The third-order valence-electron chi connectivity index (χ3n) is 2.89. The van der Waals surface area contributed by atoms with Gasteiger partial charge in [0, 0.05) is 12.6 Å². The summed E-state index contributed by atoms with van der Waals surface area (Å²) in [5, 5.41) is 4.01. The Balaban J connectivity index is 2.19. The number of nitrogens with two attached hydrogens (primary N) is 1. The first-order chi connectivity index (χ1) is 9.42. The fourth-order valence-corrected chi connectivity index (χ4v) is 2.89.